The normalized spacial score (nSPS) is 13.2. The number of hydrazone groups is 1. The zero-order valence-corrected chi connectivity index (χ0v) is 18.3. The van der Waals surface area contributed by atoms with Crippen LogP contribution in [0, 0.1) is 0 Å². The maximum Gasteiger partial charge on any atom is 0.252 e. The molecule has 1 amide bonds. The fourth-order valence-corrected chi connectivity index (χ4v) is 4.70. The molecule has 0 fully saturated rings. The number of phenols is 1. The SMILES string of the molecule is O=C(Cc1ccc(O)cc1)N1COC(c2sc3ccc(Oc4ccccc4)cc3c2Cl)=N1. The number of amides is 1. The number of phenolic OH excluding ortho intramolecular Hbond substituents is 1. The molecule has 0 atom stereocenters. The first-order valence-electron chi connectivity index (χ1n) is 9.82. The maximum absolute atomic E-state index is 12.6. The monoisotopic (exact) mass is 464 g/mol. The van der Waals surface area contributed by atoms with E-state index in [1.165, 1.54) is 16.3 Å². The van der Waals surface area contributed by atoms with Crippen LogP contribution in [0.25, 0.3) is 10.1 Å². The number of halogens is 1. The fourth-order valence-electron chi connectivity index (χ4n) is 3.28. The van der Waals surface area contributed by atoms with Crippen molar-refractivity contribution < 1.29 is 19.4 Å². The molecule has 3 aromatic carbocycles. The number of fused-ring (bicyclic) bond motifs is 1. The highest BCUT2D eigenvalue weighted by Crippen LogP contribution is 2.39. The average molecular weight is 465 g/mol. The van der Waals surface area contributed by atoms with Crippen LogP contribution in [0.1, 0.15) is 10.4 Å². The van der Waals surface area contributed by atoms with Crippen molar-refractivity contribution in [3.05, 3.63) is 88.3 Å². The van der Waals surface area contributed by atoms with Gasteiger partial charge < -0.3 is 14.6 Å². The Labute approximate surface area is 192 Å². The molecule has 5 rings (SSSR count). The van der Waals surface area contributed by atoms with E-state index in [2.05, 4.69) is 5.10 Å². The highest BCUT2D eigenvalue weighted by Gasteiger charge is 2.26. The number of aromatic hydroxyl groups is 1. The van der Waals surface area contributed by atoms with Gasteiger partial charge in [-0.3, -0.25) is 4.79 Å². The smallest absolute Gasteiger partial charge is 0.252 e. The molecule has 0 spiro atoms. The number of nitrogens with zero attached hydrogens (tertiary/aromatic N) is 2. The summed E-state index contributed by atoms with van der Waals surface area (Å²) in [5.41, 5.74) is 0.780. The summed E-state index contributed by atoms with van der Waals surface area (Å²) in [4.78, 5) is 13.2. The van der Waals surface area contributed by atoms with Gasteiger partial charge in [-0.05, 0) is 48.0 Å². The molecule has 4 aromatic rings. The van der Waals surface area contributed by atoms with Gasteiger partial charge in [0.25, 0.3) is 5.90 Å². The van der Waals surface area contributed by atoms with Crippen LogP contribution in [0.4, 0.5) is 0 Å². The van der Waals surface area contributed by atoms with Gasteiger partial charge in [-0.25, -0.2) is 0 Å². The number of para-hydroxylation sites is 1. The predicted octanol–water partition coefficient (Wildman–Crippen LogP) is 5.77. The van der Waals surface area contributed by atoms with E-state index >= 15 is 0 Å². The third kappa shape index (κ3) is 4.12. The molecule has 0 unspecified atom stereocenters. The molecule has 2 heterocycles. The molecule has 0 radical (unpaired) electrons. The Hall–Kier alpha value is -3.55. The number of carbonyl (C=O) groups is 1. The zero-order valence-electron chi connectivity index (χ0n) is 16.7. The second-order valence-corrected chi connectivity index (χ2v) is 8.56. The topological polar surface area (TPSA) is 71.4 Å². The highest BCUT2D eigenvalue weighted by molar-refractivity contribution is 7.21. The minimum Gasteiger partial charge on any atom is -0.508 e. The van der Waals surface area contributed by atoms with Crippen LogP contribution in [0.2, 0.25) is 5.02 Å². The van der Waals surface area contributed by atoms with Gasteiger partial charge in [0.15, 0.2) is 6.73 Å². The van der Waals surface area contributed by atoms with Crippen molar-refractivity contribution in [2.45, 2.75) is 6.42 Å². The summed E-state index contributed by atoms with van der Waals surface area (Å²) >= 11 is 8.10. The van der Waals surface area contributed by atoms with Crippen molar-refractivity contribution in [3.8, 4) is 17.2 Å². The van der Waals surface area contributed by atoms with Gasteiger partial charge in [0, 0.05) is 10.1 Å². The third-order valence-electron chi connectivity index (χ3n) is 4.89. The van der Waals surface area contributed by atoms with Crippen molar-refractivity contribution in [2.24, 2.45) is 5.10 Å². The lowest BCUT2D eigenvalue weighted by atomic mass is 10.1. The summed E-state index contributed by atoms with van der Waals surface area (Å²) in [6.45, 7) is 0.0270. The van der Waals surface area contributed by atoms with Crippen molar-refractivity contribution in [3.63, 3.8) is 0 Å². The Balaban J connectivity index is 1.36. The van der Waals surface area contributed by atoms with Crippen molar-refractivity contribution >= 4 is 44.8 Å². The van der Waals surface area contributed by atoms with E-state index in [0.717, 1.165) is 21.4 Å². The van der Waals surface area contributed by atoms with Gasteiger partial charge in [-0.2, -0.15) is 5.01 Å². The number of hydrogen-bond donors (Lipinski definition) is 1. The van der Waals surface area contributed by atoms with Crippen LogP contribution < -0.4 is 4.74 Å². The van der Waals surface area contributed by atoms with Crippen molar-refractivity contribution in [1.29, 1.82) is 0 Å². The number of ether oxygens (including phenoxy) is 2. The Morgan fingerprint density at radius 3 is 2.66 bits per heavy atom. The van der Waals surface area contributed by atoms with E-state index in [0.29, 0.717) is 21.5 Å². The molecule has 0 saturated carbocycles. The molecular weight excluding hydrogens is 448 g/mol. The summed E-state index contributed by atoms with van der Waals surface area (Å²) < 4.78 is 12.5. The summed E-state index contributed by atoms with van der Waals surface area (Å²) in [5.74, 6) is 1.68. The van der Waals surface area contributed by atoms with Crippen LogP contribution in [-0.4, -0.2) is 28.7 Å². The lowest BCUT2D eigenvalue weighted by molar-refractivity contribution is -0.132. The fraction of sp³-hybridized carbons (Fsp3) is 0.0833. The van der Waals surface area contributed by atoms with Crippen LogP contribution in [-0.2, 0) is 16.0 Å². The average Bonchev–Trinajstić information content (AvgIpc) is 3.41. The largest absolute Gasteiger partial charge is 0.508 e. The van der Waals surface area contributed by atoms with Crippen molar-refractivity contribution in [2.75, 3.05) is 6.73 Å². The first-order chi connectivity index (χ1) is 15.6. The lowest BCUT2D eigenvalue weighted by Crippen LogP contribution is -2.25. The quantitative estimate of drug-likeness (QED) is 0.407. The first-order valence-corrected chi connectivity index (χ1v) is 11.0. The highest BCUT2D eigenvalue weighted by atomic mass is 35.5. The van der Waals surface area contributed by atoms with Crippen LogP contribution in [0.3, 0.4) is 0 Å². The van der Waals surface area contributed by atoms with Gasteiger partial charge in [-0.1, -0.05) is 41.9 Å². The number of benzene rings is 3. The summed E-state index contributed by atoms with van der Waals surface area (Å²) in [5, 5.41) is 16.4. The van der Waals surface area contributed by atoms with Crippen LogP contribution >= 0.6 is 22.9 Å². The molecule has 1 aliphatic rings. The standard InChI is InChI=1S/C24H17ClN2O4S/c25-22-19-13-18(31-17-4-2-1-3-5-17)10-11-20(19)32-23(22)24-26-27(14-30-24)21(29)12-15-6-8-16(28)9-7-15/h1-11,13,28H,12,14H2. The number of rotatable bonds is 5. The van der Waals surface area contributed by atoms with E-state index in [4.69, 9.17) is 21.1 Å². The van der Waals surface area contributed by atoms with Gasteiger partial charge >= 0.3 is 0 Å². The predicted molar refractivity (Wildman–Crippen MR) is 124 cm³/mol. The van der Waals surface area contributed by atoms with Gasteiger partial charge in [0.1, 0.15) is 22.1 Å². The Morgan fingerprint density at radius 1 is 1.09 bits per heavy atom. The molecule has 8 heteroatoms. The molecule has 160 valence electrons. The number of thiophene rings is 1. The molecule has 32 heavy (non-hydrogen) atoms. The van der Waals surface area contributed by atoms with Gasteiger partial charge in [0.2, 0.25) is 5.91 Å². The molecule has 0 bridgehead atoms. The second-order valence-electron chi connectivity index (χ2n) is 7.13. The Morgan fingerprint density at radius 2 is 1.88 bits per heavy atom. The lowest BCUT2D eigenvalue weighted by Gasteiger charge is -2.09. The summed E-state index contributed by atoms with van der Waals surface area (Å²) in [6.07, 6.45) is 0.154. The third-order valence-corrected chi connectivity index (χ3v) is 6.55. The van der Waals surface area contributed by atoms with E-state index in [9.17, 15) is 9.90 Å². The van der Waals surface area contributed by atoms with Crippen LogP contribution in [0.15, 0.2) is 77.9 Å². The molecule has 0 saturated heterocycles. The van der Waals surface area contributed by atoms with Gasteiger partial charge in [0.05, 0.1) is 11.4 Å². The molecule has 0 aliphatic carbocycles. The zero-order chi connectivity index (χ0) is 22.1. The minimum absolute atomic E-state index is 0.0270. The van der Waals surface area contributed by atoms with E-state index in [1.807, 2.05) is 48.5 Å². The summed E-state index contributed by atoms with van der Waals surface area (Å²) in [6, 6.07) is 21.7. The Kier molecular flexibility index (Phi) is 5.43. The summed E-state index contributed by atoms with van der Waals surface area (Å²) in [7, 11) is 0. The molecule has 1 aliphatic heterocycles. The Bertz CT molecular complexity index is 1320. The number of carbonyl (C=O) groups excluding carboxylic acids is 1. The van der Waals surface area contributed by atoms with Crippen LogP contribution in [0.5, 0.6) is 17.2 Å². The molecular formula is C24H17ClN2O4S. The molecule has 1 N–H and O–H groups in total. The number of hydrogen-bond acceptors (Lipinski definition) is 6. The van der Waals surface area contributed by atoms with E-state index < -0.39 is 0 Å². The van der Waals surface area contributed by atoms with Gasteiger partial charge in [-0.15, -0.1) is 16.4 Å². The first kappa shape index (κ1) is 20.4. The molecule has 6 nitrogen and oxygen atoms in total. The van der Waals surface area contributed by atoms with Crippen molar-refractivity contribution in [1.82, 2.24) is 5.01 Å². The van der Waals surface area contributed by atoms with E-state index in [1.54, 1.807) is 24.3 Å². The second kappa shape index (κ2) is 8.53. The van der Waals surface area contributed by atoms with E-state index in [-0.39, 0.29) is 24.8 Å². The minimum atomic E-state index is -0.207. The maximum atomic E-state index is 12.6. The molecule has 1 aromatic heterocycles.